The van der Waals surface area contributed by atoms with Gasteiger partial charge in [-0.05, 0) is 38.5 Å². The van der Waals surface area contributed by atoms with Crippen LogP contribution in [0.25, 0.3) is 0 Å². The van der Waals surface area contributed by atoms with Gasteiger partial charge in [-0.1, -0.05) is 22.9 Å². The highest BCUT2D eigenvalue weighted by Gasteiger charge is 2.32. The van der Waals surface area contributed by atoms with Crippen molar-refractivity contribution in [2.24, 2.45) is 0 Å². The number of hydrogen-bond donors (Lipinski definition) is 1. The summed E-state index contributed by atoms with van der Waals surface area (Å²) in [5, 5.41) is 3.42. The summed E-state index contributed by atoms with van der Waals surface area (Å²) in [4.78, 5) is 0. The topological polar surface area (TPSA) is 39.7 Å². The Morgan fingerprint density at radius 1 is 1.43 bits per heavy atom. The Morgan fingerprint density at radius 2 is 2.24 bits per heavy atom. The van der Waals surface area contributed by atoms with Gasteiger partial charge < -0.3 is 19.5 Å². The second kappa shape index (κ2) is 7.58. The fourth-order valence-corrected chi connectivity index (χ4v) is 2.68. The van der Waals surface area contributed by atoms with Gasteiger partial charge in [0.25, 0.3) is 0 Å². The highest BCUT2D eigenvalue weighted by Crippen LogP contribution is 2.24. The number of rotatable bonds is 7. The number of ether oxygens (including phenoxy) is 3. The van der Waals surface area contributed by atoms with E-state index in [1.54, 1.807) is 0 Å². The third kappa shape index (κ3) is 5.25. The number of halogens is 1. The van der Waals surface area contributed by atoms with E-state index >= 15 is 0 Å². The summed E-state index contributed by atoms with van der Waals surface area (Å²) >= 11 is 3.51. The zero-order valence-corrected chi connectivity index (χ0v) is 14.5. The molecule has 0 bridgehead atoms. The van der Waals surface area contributed by atoms with Crippen molar-refractivity contribution in [2.75, 3.05) is 19.8 Å². The minimum atomic E-state index is -0.461. The molecule has 118 valence electrons. The van der Waals surface area contributed by atoms with Crippen molar-refractivity contribution in [2.45, 2.75) is 45.6 Å². The Hall–Kier alpha value is -0.620. The summed E-state index contributed by atoms with van der Waals surface area (Å²) in [6, 6.07) is 6.11. The predicted octanol–water partition coefficient (Wildman–Crippen LogP) is 3.48. The van der Waals surface area contributed by atoms with Crippen molar-refractivity contribution in [3.63, 3.8) is 0 Å². The summed E-state index contributed by atoms with van der Waals surface area (Å²) in [5.41, 5.74) is 1.15. The molecule has 1 N–H and O–H groups in total. The van der Waals surface area contributed by atoms with Crippen LogP contribution < -0.4 is 10.1 Å². The molecule has 0 spiro atoms. The maximum Gasteiger partial charge on any atom is 0.163 e. The van der Waals surface area contributed by atoms with E-state index in [1.165, 1.54) is 0 Å². The average Bonchev–Trinajstić information content (AvgIpc) is 2.77. The monoisotopic (exact) mass is 357 g/mol. The first kappa shape index (κ1) is 16.7. The van der Waals surface area contributed by atoms with E-state index < -0.39 is 5.79 Å². The Labute approximate surface area is 135 Å². The Bertz CT molecular complexity index is 465. The molecule has 1 heterocycles. The SMILES string of the molecule is CCCOc1ccc(Br)cc1CNCC1COC(C)(C)O1. The molecular formula is C16H24BrNO3. The van der Waals surface area contributed by atoms with Gasteiger partial charge in [0, 0.05) is 23.1 Å². The van der Waals surface area contributed by atoms with Crippen LogP contribution in [0.15, 0.2) is 22.7 Å². The van der Waals surface area contributed by atoms with Gasteiger partial charge in [0.05, 0.1) is 19.3 Å². The van der Waals surface area contributed by atoms with Crippen LogP contribution in [0.1, 0.15) is 32.8 Å². The lowest BCUT2D eigenvalue weighted by Crippen LogP contribution is -2.30. The average molecular weight is 358 g/mol. The predicted molar refractivity (Wildman–Crippen MR) is 86.5 cm³/mol. The Kier molecular flexibility index (Phi) is 6.05. The third-order valence-electron chi connectivity index (χ3n) is 3.24. The van der Waals surface area contributed by atoms with Crippen molar-refractivity contribution in [1.29, 1.82) is 0 Å². The molecule has 5 heteroatoms. The highest BCUT2D eigenvalue weighted by atomic mass is 79.9. The van der Waals surface area contributed by atoms with Crippen molar-refractivity contribution in [3.8, 4) is 5.75 Å². The van der Waals surface area contributed by atoms with Crippen LogP contribution in [-0.2, 0) is 16.0 Å². The van der Waals surface area contributed by atoms with Gasteiger partial charge in [-0.2, -0.15) is 0 Å². The molecule has 21 heavy (non-hydrogen) atoms. The number of nitrogens with one attached hydrogen (secondary N) is 1. The lowest BCUT2D eigenvalue weighted by atomic mass is 10.2. The van der Waals surface area contributed by atoms with Crippen molar-refractivity contribution in [1.82, 2.24) is 5.32 Å². The van der Waals surface area contributed by atoms with Crippen molar-refractivity contribution >= 4 is 15.9 Å². The lowest BCUT2D eigenvalue weighted by molar-refractivity contribution is -0.137. The van der Waals surface area contributed by atoms with Crippen LogP contribution in [0, 0.1) is 0 Å². The zero-order chi connectivity index (χ0) is 15.3. The molecule has 1 fully saturated rings. The van der Waals surface area contributed by atoms with Crippen LogP contribution in [0.5, 0.6) is 5.75 Å². The van der Waals surface area contributed by atoms with E-state index in [4.69, 9.17) is 14.2 Å². The first-order valence-electron chi connectivity index (χ1n) is 7.44. The summed E-state index contributed by atoms with van der Waals surface area (Å²) in [5.74, 6) is 0.480. The molecule has 0 aliphatic carbocycles. The highest BCUT2D eigenvalue weighted by molar-refractivity contribution is 9.10. The van der Waals surface area contributed by atoms with E-state index in [1.807, 2.05) is 26.0 Å². The first-order chi connectivity index (χ1) is 10.00. The van der Waals surface area contributed by atoms with Crippen LogP contribution >= 0.6 is 15.9 Å². The molecule has 1 aliphatic heterocycles. The maximum absolute atomic E-state index is 5.78. The van der Waals surface area contributed by atoms with Gasteiger partial charge in [-0.3, -0.25) is 0 Å². The van der Waals surface area contributed by atoms with Gasteiger partial charge >= 0.3 is 0 Å². The zero-order valence-electron chi connectivity index (χ0n) is 12.9. The fourth-order valence-electron chi connectivity index (χ4n) is 2.27. The molecule has 1 aliphatic rings. The van der Waals surface area contributed by atoms with Gasteiger partial charge in [0.15, 0.2) is 5.79 Å². The lowest BCUT2D eigenvalue weighted by Gasteiger charge is -2.17. The number of benzene rings is 1. The van der Waals surface area contributed by atoms with Crippen molar-refractivity contribution in [3.05, 3.63) is 28.2 Å². The molecule has 1 saturated heterocycles. The quantitative estimate of drug-likeness (QED) is 0.810. The smallest absolute Gasteiger partial charge is 0.163 e. The molecule has 1 aromatic rings. The molecular weight excluding hydrogens is 334 g/mol. The van der Waals surface area contributed by atoms with Crippen molar-refractivity contribution < 1.29 is 14.2 Å². The molecule has 0 aromatic heterocycles. The molecule has 2 rings (SSSR count). The van der Waals surface area contributed by atoms with Crippen LogP contribution in [0.3, 0.4) is 0 Å². The third-order valence-corrected chi connectivity index (χ3v) is 3.73. The molecule has 4 nitrogen and oxygen atoms in total. The van der Waals surface area contributed by atoms with Crippen LogP contribution in [0.4, 0.5) is 0 Å². The Morgan fingerprint density at radius 3 is 2.90 bits per heavy atom. The summed E-state index contributed by atoms with van der Waals surface area (Å²) < 4.78 is 18.2. The maximum atomic E-state index is 5.78. The molecule has 0 amide bonds. The van der Waals surface area contributed by atoms with Gasteiger partial charge in [-0.25, -0.2) is 0 Å². The van der Waals surface area contributed by atoms with Gasteiger partial charge in [0.2, 0.25) is 0 Å². The normalized spacial score (nSPS) is 20.7. The fraction of sp³-hybridized carbons (Fsp3) is 0.625. The standard InChI is InChI=1S/C16H24BrNO3/c1-4-7-19-15-6-5-13(17)8-12(15)9-18-10-14-11-20-16(2,3)21-14/h5-6,8,14,18H,4,7,9-11H2,1-3H3. The largest absolute Gasteiger partial charge is 0.493 e. The van der Waals surface area contributed by atoms with Gasteiger partial charge in [-0.15, -0.1) is 0 Å². The van der Waals surface area contributed by atoms with E-state index in [-0.39, 0.29) is 6.10 Å². The minimum absolute atomic E-state index is 0.104. The van der Waals surface area contributed by atoms with E-state index in [2.05, 4.69) is 34.2 Å². The van der Waals surface area contributed by atoms with Gasteiger partial charge in [0.1, 0.15) is 5.75 Å². The second-order valence-electron chi connectivity index (χ2n) is 5.68. The molecule has 0 radical (unpaired) electrons. The van der Waals surface area contributed by atoms with E-state index in [9.17, 15) is 0 Å². The first-order valence-corrected chi connectivity index (χ1v) is 8.23. The van der Waals surface area contributed by atoms with Crippen LogP contribution in [-0.4, -0.2) is 31.6 Å². The van der Waals surface area contributed by atoms with Crippen LogP contribution in [0.2, 0.25) is 0 Å². The molecule has 1 atom stereocenters. The Balaban J connectivity index is 1.86. The van der Waals surface area contributed by atoms with E-state index in [0.29, 0.717) is 6.61 Å². The second-order valence-corrected chi connectivity index (χ2v) is 6.60. The molecule has 1 unspecified atom stereocenters. The summed E-state index contributed by atoms with van der Waals surface area (Å²) in [6.07, 6.45) is 1.11. The molecule has 1 aromatic carbocycles. The summed E-state index contributed by atoms with van der Waals surface area (Å²) in [6.45, 7) is 8.88. The van der Waals surface area contributed by atoms with E-state index in [0.717, 1.165) is 41.9 Å². The molecule has 0 saturated carbocycles. The summed E-state index contributed by atoms with van der Waals surface area (Å²) in [7, 11) is 0. The number of hydrogen-bond acceptors (Lipinski definition) is 4. The minimum Gasteiger partial charge on any atom is -0.493 e.